The maximum absolute atomic E-state index is 12.6. The van der Waals surface area contributed by atoms with Crippen LogP contribution >= 0.6 is 22.6 Å². The monoisotopic (exact) mass is 635 g/mol. The molecule has 11 heteroatoms. The van der Waals surface area contributed by atoms with Gasteiger partial charge in [0, 0.05) is 22.3 Å². The highest BCUT2D eigenvalue weighted by molar-refractivity contribution is 14.1. The van der Waals surface area contributed by atoms with E-state index in [0.717, 1.165) is 40.8 Å². The fraction of sp³-hybridized carbons (Fsp3) is 0.179. The van der Waals surface area contributed by atoms with E-state index in [1.54, 1.807) is 36.5 Å². The van der Waals surface area contributed by atoms with Gasteiger partial charge >= 0.3 is 5.97 Å². The standard InChI is InChI=1S/C28H26IN7O3/c1-38-24-17-19(13-14-23(24)39-25(37)21-11-5-6-12-22(21)29)18-30-35-27-32-26(31-20-9-3-2-4-10-20)33-28(34-27)36-15-7-8-16-36/h2-6,9-14,17-18H,7-8,15-16H2,1H3,(H2,31,32,33,34,35)/b30-18-. The molecule has 1 saturated heterocycles. The average molecular weight is 635 g/mol. The van der Waals surface area contributed by atoms with Gasteiger partial charge in [-0.05, 0) is 83.5 Å². The molecule has 2 N–H and O–H groups in total. The van der Waals surface area contributed by atoms with Crippen LogP contribution in [0.15, 0.2) is 77.9 Å². The van der Waals surface area contributed by atoms with Gasteiger partial charge in [0.2, 0.25) is 17.8 Å². The van der Waals surface area contributed by atoms with Crippen LogP contribution in [0.4, 0.5) is 23.5 Å². The Kier molecular flexibility index (Phi) is 8.46. The SMILES string of the molecule is COc1cc(/C=N\Nc2nc(Nc3ccccc3)nc(N3CCCC3)n2)ccc1OC(=O)c1ccccc1I. The number of esters is 1. The summed E-state index contributed by atoms with van der Waals surface area (Å²) in [6.07, 6.45) is 3.81. The van der Waals surface area contributed by atoms with E-state index in [4.69, 9.17) is 9.47 Å². The molecule has 0 radical (unpaired) electrons. The lowest BCUT2D eigenvalue weighted by Crippen LogP contribution is -2.21. The average Bonchev–Trinajstić information content (AvgIpc) is 3.50. The van der Waals surface area contributed by atoms with E-state index >= 15 is 0 Å². The molecule has 1 aliphatic rings. The number of hydrazone groups is 1. The molecule has 10 nitrogen and oxygen atoms in total. The van der Waals surface area contributed by atoms with Crippen LogP contribution in [0.1, 0.15) is 28.8 Å². The number of hydrogen-bond donors (Lipinski definition) is 2. The van der Waals surface area contributed by atoms with E-state index < -0.39 is 5.97 Å². The van der Waals surface area contributed by atoms with Crippen LogP contribution in [-0.2, 0) is 0 Å². The van der Waals surface area contributed by atoms with Crippen molar-refractivity contribution in [1.29, 1.82) is 0 Å². The zero-order valence-corrected chi connectivity index (χ0v) is 23.3. The molecule has 39 heavy (non-hydrogen) atoms. The Morgan fingerprint density at radius 2 is 1.69 bits per heavy atom. The Hall–Kier alpha value is -4.26. The van der Waals surface area contributed by atoms with Crippen molar-refractivity contribution in [2.45, 2.75) is 12.8 Å². The summed E-state index contributed by atoms with van der Waals surface area (Å²) in [5.74, 6) is 1.61. The first-order valence-corrected chi connectivity index (χ1v) is 13.4. The highest BCUT2D eigenvalue weighted by Crippen LogP contribution is 2.29. The molecule has 0 aliphatic carbocycles. The summed E-state index contributed by atoms with van der Waals surface area (Å²) < 4.78 is 11.9. The van der Waals surface area contributed by atoms with Crippen molar-refractivity contribution in [3.63, 3.8) is 0 Å². The summed E-state index contributed by atoms with van der Waals surface area (Å²) in [5.41, 5.74) is 5.00. The second-order valence-corrected chi connectivity index (χ2v) is 9.78. The van der Waals surface area contributed by atoms with Crippen LogP contribution in [0.2, 0.25) is 0 Å². The van der Waals surface area contributed by atoms with Crippen LogP contribution in [0.25, 0.3) is 0 Å². The van der Waals surface area contributed by atoms with Crippen LogP contribution in [-0.4, -0.2) is 47.3 Å². The summed E-state index contributed by atoms with van der Waals surface area (Å²) in [5, 5.41) is 7.54. The summed E-state index contributed by atoms with van der Waals surface area (Å²) in [6, 6.07) is 22.1. The molecular weight excluding hydrogens is 609 g/mol. The first-order valence-electron chi connectivity index (χ1n) is 12.4. The number of ether oxygens (including phenoxy) is 2. The Morgan fingerprint density at radius 1 is 0.949 bits per heavy atom. The van der Waals surface area contributed by atoms with Crippen molar-refractivity contribution in [3.8, 4) is 11.5 Å². The Labute approximate surface area is 239 Å². The van der Waals surface area contributed by atoms with Gasteiger partial charge in [-0.25, -0.2) is 10.2 Å². The molecule has 198 valence electrons. The quantitative estimate of drug-likeness (QED) is 0.0810. The number of para-hydroxylation sites is 1. The summed E-state index contributed by atoms with van der Waals surface area (Å²) in [7, 11) is 1.52. The van der Waals surface area contributed by atoms with E-state index in [0.29, 0.717) is 34.9 Å². The number of aromatic nitrogens is 3. The molecule has 0 spiro atoms. The molecule has 0 unspecified atom stereocenters. The molecular formula is C28H26IN7O3. The van der Waals surface area contributed by atoms with Gasteiger partial charge in [0.15, 0.2) is 11.5 Å². The second-order valence-electron chi connectivity index (χ2n) is 8.62. The van der Waals surface area contributed by atoms with E-state index in [1.165, 1.54) is 7.11 Å². The zero-order valence-electron chi connectivity index (χ0n) is 21.2. The summed E-state index contributed by atoms with van der Waals surface area (Å²) in [6.45, 7) is 1.80. The van der Waals surface area contributed by atoms with Crippen molar-refractivity contribution in [3.05, 3.63) is 87.5 Å². The Morgan fingerprint density at radius 3 is 2.46 bits per heavy atom. The molecule has 2 heterocycles. The third-order valence-corrected chi connectivity index (χ3v) is 6.85. The second kappa shape index (κ2) is 12.5. The molecule has 5 rings (SSSR count). The lowest BCUT2D eigenvalue weighted by atomic mass is 10.2. The van der Waals surface area contributed by atoms with Gasteiger partial charge in [0.25, 0.3) is 0 Å². The lowest BCUT2D eigenvalue weighted by molar-refractivity contribution is 0.0728. The largest absolute Gasteiger partial charge is 0.493 e. The Bertz CT molecular complexity index is 1480. The highest BCUT2D eigenvalue weighted by atomic mass is 127. The van der Waals surface area contributed by atoms with Crippen LogP contribution in [0.5, 0.6) is 11.5 Å². The predicted molar refractivity (Wildman–Crippen MR) is 159 cm³/mol. The number of nitrogens with one attached hydrogen (secondary N) is 2. The normalized spacial score (nSPS) is 12.9. The first-order chi connectivity index (χ1) is 19.1. The minimum Gasteiger partial charge on any atom is -0.493 e. The number of hydrogen-bond acceptors (Lipinski definition) is 10. The number of carbonyl (C=O) groups excluding carboxylic acids is 1. The van der Waals surface area contributed by atoms with Gasteiger partial charge < -0.3 is 19.7 Å². The van der Waals surface area contributed by atoms with Crippen LogP contribution in [0.3, 0.4) is 0 Å². The molecule has 0 amide bonds. The van der Waals surface area contributed by atoms with Crippen LogP contribution < -0.4 is 25.1 Å². The summed E-state index contributed by atoms with van der Waals surface area (Å²) >= 11 is 2.10. The van der Waals surface area contributed by atoms with Gasteiger partial charge in [-0.15, -0.1) is 0 Å². The number of rotatable bonds is 9. The smallest absolute Gasteiger partial charge is 0.344 e. The number of anilines is 4. The van der Waals surface area contributed by atoms with Crippen molar-refractivity contribution in [2.75, 3.05) is 35.8 Å². The van der Waals surface area contributed by atoms with E-state index in [2.05, 4.69) is 58.3 Å². The lowest BCUT2D eigenvalue weighted by Gasteiger charge is -2.16. The van der Waals surface area contributed by atoms with Crippen molar-refractivity contribution in [1.82, 2.24) is 15.0 Å². The topological polar surface area (TPSA) is 114 Å². The third kappa shape index (κ3) is 6.79. The Balaban J connectivity index is 1.31. The van der Waals surface area contributed by atoms with Crippen LogP contribution in [0, 0.1) is 3.57 Å². The minimum absolute atomic E-state index is 0.316. The van der Waals surface area contributed by atoms with Crippen molar-refractivity contribution >= 4 is 58.3 Å². The number of nitrogens with zero attached hydrogens (tertiary/aromatic N) is 5. The molecule has 3 aromatic carbocycles. The van der Waals surface area contributed by atoms with Crippen molar-refractivity contribution < 1.29 is 14.3 Å². The van der Waals surface area contributed by atoms with Gasteiger partial charge in [0.05, 0.1) is 18.9 Å². The number of methoxy groups -OCH3 is 1. The van der Waals surface area contributed by atoms with E-state index in [1.807, 2.05) is 42.5 Å². The molecule has 0 saturated carbocycles. The highest BCUT2D eigenvalue weighted by Gasteiger charge is 2.18. The number of halogens is 1. The fourth-order valence-electron chi connectivity index (χ4n) is 3.97. The van der Waals surface area contributed by atoms with Gasteiger partial charge in [-0.1, -0.05) is 30.3 Å². The molecule has 1 aliphatic heterocycles. The number of benzene rings is 3. The molecule has 4 aromatic rings. The number of carbonyl (C=O) groups is 1. The van der Waals surface area contributed by atoms with Crippen molar-refractivity contribution in [2.24, 2.45) is 5.10 Å². The van der Waals surface area contributed by atoms with Gasteiger partial charge in [0.1, 0.15) is 0 Å². The van der Waals surface area contributed by atoms with Gasteiger partial charge in [-0.2, -0.15) is 20.1 Å². The van der Waals surface area contributed by atoms with E-state index in [9.17, 15) is 4.79 Å². The maximum atomic E-state index is 12.6. The fourth-order valence-corrected chi connectivity index (χ4v) is 4.58. The minimum atomic E-state index is -0.454. The molecule has 1 fully saturated rings. The summed E-state index contributed by atoms with van der Waals surface area (Å²) in [4.78, 5) is 28.4. The van der Waals surface area contributed by atoms with Gasteiger partial charge in [-0.3, -0.25) is 0 Å². The molecule has 0 atom stereocenters. The maximum Gasteiger partial charge on any atom is 0.344 e. The first kappa shape index (κ1) is 26.4. The third-order valence-electron chi connectivity index (χ3n) is 5.90. The van der Waals surface area contributed by atoms with E-state index in [-0.39, 0.29) is 0 Å². The molecule has 0 bridgehead atoms. The predicted octanol–water partition coefficient (Wildman–Crippen LogP) is 5.49. The molecule has 1 aromatic heterocycles. The zero-order chi connectivity index (χ0) is 27.0.